The van der Waals surface area contributed by atoms with E-state index in [0.29, 0.717) is 33.0 Å². The summed E-state index contributed by atoms with van der Waals surface area (Å²) < 4.78 is 15.7. The van der Waals surface area contributed by atoms with Crippen LogP contribution in [-0.2, 0) is 9.59 Å². The van der Waals surface area contributed by atoms with Gasteiger partial charge in [0.25, 0.3) is 0 Å². The first-order valence-electron chi connectivity index (χ1n) is 10.8. The number of carbonyl (C=O) groups excluding carboxylic acids is 2. The first-order chi connectivity index (χ1) is 16.3. The molecule has 1 saturated carbocycles. The van der Waals surface area contributed by atoms with Gasteiger partial charge in [-0.3, -0.25) is 19.1 Å². The lowest BCUT2D eigenvalue weighted by Crippen LogP contribution is -2.32. The van der Waals surface area contributed by atoms with Gasteiger partial charge in [-0.15, -0.1) is 10.2 Å². The lowest BCUT2D eigenvalue weighted by atomic mass is 10.2. The number of aromatic nitrogens is 3. The van der Waals surface area contributed by atoms with E-state index in [-0.39, 0.29) is 29.4 Å². The van der Waals surface area contributed by atoms with Crippen LogP contribution in [0.1, 0.15) is 43.0 Å². The zero-order valence-electron chi connectivity index (χ0n) is 19.0. The highest BCUT2D eigenvalue weighted by Crippen LogP contribution is 2.36. The van der Waals surface area contributed by atoms with Gasteiger partial charge >= 0.3 is 0 Å². The predicted octanol–water partition coefficient (Wildman–Crippen LogP) is 4.59. The van der Waals surface area contributed by atoms with Crippen molar-refractivity contribution in [3.8, 4) is 11.8 Å². The van der Waals surface area contributed by atoms with Crippen molar-refractivity contribution in [1.29, 1.82) is 5.26 Å². The van der Waals surface area contributed by atoms with E-state index in [1.807, 2.05) is 20.8 Å². The molecule has 2 amide bonds. The van der Waals surface area contributed by atoms with Gasteiger partial charge in [0.1, 0.15) is 17.7 Å². The molecule has 1 aliphatic rings. The van der Waals surface area contributed by atoms with Crippen molar-refractivity contribution in [2.45, 2.75) is 50.4 Å². The second kappa shape index (κ2) is 9.95. The lowest BCUT2D eigenvalue weighted by Gasteiger charge is -2.17. The third-order valence-electron chi connectivity index (χ3n) is 5.58. The molecule has 2 aromatic heterocycles. The van der Waals surface area contributed by atoms with Crippen molar-refractivity contribution in [2.75, 3.05) is 16.0 Å². The largest absolute Gasteiger partial charge is 0.310 e. The van der Waals surface area contributed by atoms with Crippen molar-refractivity contribution in [3.63, 3.8) is 0 Å². The van der Waals surface area contributed by atoms with Gasteiger partial charge in [0.2, 0.25) is 16.9 Å². The van der Waals surface area contributed by atoms with Crippen molar-refractivity contribution in [3.05, 3.63) is 46.9 Å². The van der Waals surface area contributed by atoms with Crippen LogP contribution in [0.2, 0.25) is 0 Å². The number of carbonyl (C=O) groups is 2. The second-order valence-corrected chi connectivity index (χ2v) is 10.1. The zero-order chi connectivity index (χ0) is 24.4. The molecular weight excluding hydrogens is 475 g/mol. The molecule has 176 valence electrons. The maximum Gasteiger partial charge on any atom is 0.235 e. The van der Waals surface area contributed by atoms with E-state index < -0.39 is 0 Å². The molecule has 4 rings (SSSR count). The fourth-order valence-corrected chi connectivity index (χ4v) is 5.33. The molecule has 0 atom stereocenters. The average molecular weight is 499 g/mol. The van der Waals surface area contributed by atoms with Crippen LogP contribution in [-0.4, -0.2) is 38.4 Å². The van der Waals surface area contributed by atoms with Crippen LogP contribution in [0.5, 0.6) is 0 Å². The van der Waals surface area contributed by atoms with E-state index in [1.165, 1.54) is 35.2 Å². The number of hydrogen-bond donors (Lipinski definition) is 1. The molecule has 0 bridgehead atoms. The lowest BCUT2D eigenvalue weighted by molar-refractivity contribution is -0.118. The Labute approximate surface area is 204 Å². The Hall–Kier alpha value is -3.23. The molecule has 0 saturated heterocycles. The van der Waals surface area contributed by atoms with Gasteiger partial charge in [-0.1, -0.05) is 30.0 Å². The Bertz CT molecular complexity index is 1270. The van der Waals surface area contributed by atoms with Crippen LogP contribution < -0.4 is 10.2 Å². The standard InChI is InChI=1S/C23H23FN6O2S2/c1-4-20(32)30(17-9-10-17)22-27-28-23(34-22)33-12-19(31)26-21-18(11-25)13(2)14(3)29(21)16-7-5-15(24)6-8-16/h5-8,17H,4,9-10,12H2,1-3H3,(H,26,31). The fraction of sp³-hybridized carbons (Fsp3) is 0.348. The van der Waals surface area contributed by atoms with Crippen molar-refractivity contribution in [2.24, 2.45) is 0 Å². The van der Waals surface area contributed by atoms with Crippen molar-refractivity contribution < 1.29 is 14.0 Å². The number of rotatable bonds is 8. The molecule has 11 heteroatoms. The minimum Gasteiger partial charge on any atom is -0.310 e. The summed E-state index contributed by atoms with van der Waals surface area (Å²) in [4.78, 5) is 26.8. The third-order valence-corrected chi connectivity index (χ3v) is 7.64. The van der Waals surface area contributed by atoms with E-state index >= 15 is 0 Å². The van der Waals surface area contributed by atoms with Crippen LogP contribution in [0, 0.1) is 31.0 Å². The summed E-state index contributed by atoms with van der Waals surface area (Å²) in [5.74, 6) is -0.268. The molecule has 34 heavy (non-hydrogen) atoms. The van der Waals surface area contributed by atoms with E-state index in [2.05, 4.69) is 21.6 Å². The molecular formula is C23H23FN6O2S2. The highest BCUT2D eigenvalue weighted by Gasteiger charge is 2.35. The number of nitrogens with one attached hydrogen (secondary N) is 1. The van der Waals surface area contributed by atoms with E-state index in [0.717, 1.165) is 24.1 Å². The van der Waals surface area contributed by atoms with Crippen LogP contribution in [0.15, 0.2) is 28.6 Å². The molecule has 1 fully saturated rings. The summed E-state index contributed by atoms with van der Waals surface area (Å²) in [6.07, 6.45) is 2.32. The summed E-state index contributed by atoms with van der Waals surface area (Å²) in [6.45, 7) is 5.47. The quantitative estimate of drug-likeness (QED) is 0.360. The van der Waals surface area contributed by atoms with E-state index in [1.54, 1.807) is 21.6 Å². The Kier molecular flexibility index (Phi) is 7.00. The molecule has 1 N–H and O–H groups in total. The summed E-state index contributed by atoms with van der Waals surface area (Å²) in [6, 6.07) is 8.21. The molecule has 0 radical (unpaired) electrons. The van der Waals surface area contributed by atoms with Crippen LogP contribution >= 0.6 is 23.1 Å². The van der Waals surface area contributed by atoms with Crippen LogP contribution in [0.4, 0.5) is 15.3 Å². The van der Waals surface area contributed by atoms with Crippen LogP contribution in [0.25, 0.3) is 5.69 Å². The molecule has 0 spiro atoms. The SMILES string of the molecule is CCC(=O)N(c1nnc(SCC(=O)Nc2c(C#N)c(C)c(C)n2-c2ccc(F)cc2)s1)C1CC1. The summed E-state index contributed by atoms with van der Waals surface area (Å²) in [5.41, 5.74) is 2.52. The number of hydrogen-bond acceptors (Lipinski definition) is 7. The predicted molar refractivity (Wildman–Crippen MR) is 130 cm³/mol. The van der Waals surface area contributed by atoms with Gasteiger partial charge in [0.15, 0.2) is 4.34 Å². The smallest absolute Gasteiger partial charge is 0.235 e. The Morgan fingerprint density at radius 2 is 2.00 bits per heavy atom. The molecule has 0 aliphatic heterocycles. The van der Waals surface area contributed by atoms with Gasteiger partial charge in [0.05, 0.1) is 11.3 Å². The van der Waals surface area contributed by atoms with Gasteiger partial charge in [-0.05, 0) is 56.5 Å². The summed E-state index contributed by atoms with van der Waals surface area (Å²) in [5, 5.41) is 21.4. The number of thioether (sulfide) groups is 1. The average Bonchev–Trinajstić information content (AvgIpc) is 3.50. The first-order valence-corrected chi connectivity index (χ1v) is 12.6. The summed E-state index contributed by atoms with van der Waals surface area (Å²) in [7, 11) is 0. The number of benzene rings is 1. The van der Waals surface area contributed by atoms with Gasteiger partial charge in [-0.2, -0.15) is 5.26 Å². The molecule has 3 aromatic rings. The molecule has 8 nitrogen and oxygen atoms in total. The van der Waals surface area contributed by atoms with Gasteiger partial charge in [0, 0.05) is 23.8 Å². The molecule has 1 aliphatic carbocycles. The second-order valence-electron chi connectivity index (χ2n) is 7.89. The van der Waals surface area contributed by atoms with E-state index in [4.69, 9.17) is 0 Å². The third kappa shape index (κ3) is 4.83. The molecule has 2 heterocycles. The number of amides is 2. The van der Waals surface area contributed by atoms with Gasteiger partial charge in [-0.25, -0.2) is 4.39 Å². The van der Waals surface area contributed by atoms with Crippen molar-refractivity contribution >= 4 is 45.9 Å². The minimum absolute atomic E-state index is 0.0178. The summed E-state index contributed by atoms with van der Waals surface area (Å²) >= 11 is 2.51. The topological polar surface area (TPSA) is 104 Å². The van der Waals surface area contributed by atoms with Crippen molar-refractivity contribution in [1.82, 2.24) is 14.8 Å². The maximum absolute atomic E-state index is 13.4. The highest BCUT2D eigenvalue weighted by atomic mass is 32.2. The Morgan fingerprint density at radius 3 is 2.62 bits per heavy atom. The first kappa shape index (κ1) is 23.9. The van der Waals surface area contributed by atoms with Crippen LogP contribution in [0.3, 0.4) is 0 Å². The number of nitrogens with zero attached hydrogens (tertiary/aromatic N) is 5. The Balaban J connectivity index is 1.49. The molecule has 1 aromatic carbocycles. The Morgan fingerprint density at radius 1 is 1.29 bits per heavy atom. The molecule has 0 unspecified atom stereocenters. The number of anilines is 2. The fourth-order valence-electron chi connectivity index (χ4n) is 3.60. The van der Waals surface area contributed by atoms with E-state index in [9.17, 15) is 19.2 Å². The number of nitriles is 1. The minimum atomic E-state index is -0.370. The number of halogens is 1. The van der Waals surface area contributed by atoms with Gasteiger partial charge < -0.3 is 5.32 Å². The zero-order valence-corrected chi connectivity index (χ0v) is 20.6. The highest BCUT2D eigenvalue weighted by molar-refractivity contribution is 8.01. The maximum atomic E-state index is 13.4. The monoisotopic (exact) mass is 498 g/mol. The normalized spacial score (nSPS) is 12.9.